The third-order valence-corrected chi connectivity index (χ3v) is 22.0. The summed E-state index contributed by atoms with van der Waals surface area (Å²) >= 11 is 0. The Hall–Kier alpha value is -1.94. The second kappa shape index (κ2) is 76.1. The zero-order chi connectivity index (χ0) is 77.2. The molecule has 0 spiro atoms. The number of unbranched alkanes of at least 4 members (excludes halogenated alkanes) is 52. The van der Waals surface area contributed by atoms with Crippen molar-refractivity contribution < 1.29 is 80.2 Å². The SMILES string of the molecule is CCCCCCCCCCCCCCCCCCCCC(=O)OC[C@H](COP(=O)(O)OC[C@@H](O)COP(=O)(O)OC[C@@H](COC(=O)CCCCCCCCCCCC(C)C)OC(=O)CCCCCCCCCCCCCC(C)C)OC(=O)CCCCCCCCCCCCCCCCCCCCC(C)C. The number of hydrogen-bond acceptors (Lipinski definition) is 15. The van der Waals surface area contributed by atoms with Crippen molar-refractivity contribution in [3.63, 3.8) is 0 Å². The Morgan fingerprint density at radius 1 is 0.257 bits per heavy atom. The van der Waals surface area contributed by atoms with Gasteiger partial charge in [0.25, 0.3) is 0 Å². The molecule has 624 valence electrons. The van der Waals surface area contributed by atoms with Crippen LogP contribution in [0.2, 0.25) is 0 Å². The molecule has 0 radical (unpaired) electrons. The molecule has 0 bridgehead atoms. The maximum atomic E-state index is 13.2. The third-order valence-electron chi connectivity index (χ3n) is 20.1. The maximum Gasteiger partial charge on any atom is 0.472 e. The van der Waals surface area contributed by atoms with Crippen molar-refractivity contribution in [2.24, 2.45) is 17.8 Å². The molecule has 0 fully saturated rings. The predicted octanol–water partition coefficient (Wildman–Crippen LogP) is 26.1. The molecule has 19 heteroatoms. The number of aliphatic hydroxyl groups is 1. The number of phosphoric acid groups is 2. The van der Waals surface area contributed by atoms with Crippen molar-refractivity contribution >= 4 is 39.5 Å². The normalized spacial score (nSPS) is 13.9. The van der Waals surface area contributed by atoms with E-state index >= 15 is 0 Å². The molecule has 0 aliphatic heterocycles. The van der Waals surface area contributed by atoms with Crippen LogP contribution in [0.3, 0.4) is 0 Å². The van der Waals surface area contributed by atoms with E-state index in [0.717, 1.165) is 108 Å². The summed E-state index contributed by atoms with van der Waals surface area (Å²) < 4.78 is 68.9. The first-order valence-corrected chi connectivity index (χ1v) is 47.3. The first-order valence-electron chi connectivity index (χ1n) is 44.3. The van der Waals surface area contributed by atoms with Gasteiger partial charge in [-0.25, -0.2) is 9.13 Å². The fourth-order valence-electron chi connectivity index (χ4n) is 13.4. The van der Waals surface area contributed by atoms with Crippen molar-refractivity contribution in [2.45, 2.75) is 471 Å². The van der Waals surface area contributed by atoms with E-state index in [0.29, 0.717) is 25.7 Å². The Bertz CT molecular complexity index is 2030. The van der Waals surface area contributed by atoms with E-state index in [1.807, 2.05) is 0 Å². The van der Waals surface area contributed by atoms with Gasteiger partial charge in [-0.05, 0) is 43.4 Å². The minimum Gasteiger partial charge on any atom is -0.462 e. The van der Waals surface area contributed by atoms with Crippen LogP contribution < -0.4 is 0 Å². The molecule has 2 unspecified atom stereocenters. The van der Waals surface area contributed by atoms with Gasteiger partial charge >= 0.3 is 39.5 Å². The number of ether oxygens (including phenoxy) is 4. The van der Waals surface area contributed by atoms with E-state index in [1.54, 1.807) is 0 Å². The van der Waals surface area contributed by atoms with Crippen LogP contribution in [0.5, 0.6) is 0 Å². The lowest BCUT2D eigenvalue weighted by Crippen LogP contribution is -2.30. The maximum absolute atomic E-state index is 13.2. The number of phosphoric ester groups is 2. The average Bonchev–Trinajstić information content (AvgIpc) is 0.913. The topological polar surface area (TPSA) is 237 Å². The number of carbonyl (C=O) groups is 4. The minimum atomic E-state index is -4.97. The largest absolute Gasteiger partial charge is 0.472 e. The molecule has 0 heterocycles. The number of esters is 4. The molecule has 105 heavy (non-hydrogen) atoms. The zero-order valence-corrected chi connectivity index (χ0v) is 71.0. The van der Waals surface area contributed by atoms with Crippen LogP contribution in [0.4, 0.5) is 0 Å². The van der Waals surface area contributed by atoms with Crippen LogP contribution in [-0.4, -0.2) is 96.7 Å². The smallest absolute Gasteiger partial charge is 0.462 e. The zero-order valence-electron chi connectivity index (χ0n) is 69.2. The summed E-state index contributed by atoms with van der Waals surface area (Å²) in [5.74, 6) is 0.225. The van der Waals surface area contributed by atoms with E-state index in [1.165, 1.54) is 263 Å². The standard InChI is InChI=1S/C86H168O17P2/c1-8-9-10-11-12-13-14-15-16-17-21-24-27-32-39-46-53-60-67-83(88)96-73-81(102-85(90)69-62-55-48-40-33-28-25-22-19-18-20-23-26-30-36-43-50-57-64-77(2)3)75-100-104(92,93)98-71-80(87)72-99-105(94,95)101-76-82(74-97-84(89)68-61-54-47-42-35-38-45-52-59-66-79(6)7)103-86(91)70-63-56-49-41-34-29-31-37-44-51-58-65-78(4)5/h77-82,87H,8-76H2,1-7H3,(H,92,93)(H,94,95)/t80-,81-,82-/m1/s1. The van der Waals surface area contributed by atoms with Crippen molar-refractivity contribution in [3.8, 4) is 0 Å². The summed E-state index contributed by atoms with van der Waals surface area (Å²) in [6, 6.07) is 0. The molecule has 5 atom stereocenters. The Balaban J connectivity index is 5.25. The monoisotopic (exact) mass is 1540 g/mol. The molecule has 3 N–H and O–H groups in total. The summed E-state index contributed by atoms with van der Waals surface area (Å²) in [6.07, 6.45) is 66.7. The van der Waals surface area contributed by atoms with Crippen LogP contribution in [0.25, 0.3) is 0 Å². The quantitative estimate of drug-likeness (QED) is 0.0222. The summed E-state index contributed by atoms with van der Waals surface area (Å²) in [4.78, 5) is 73.2. The summed E-state index contributed by atoms with van der Waals surface area (Å²) in [7, 11) is -9.93. The number of rotatable bonds is 84. The molecular formula is C86H168O17P2. The van der Waals surface area contributed by atoms with Crippen molar-refractivity contribution in [2.75, 3.05) is 39.6 Å². The molecule has 17 nitrogen and oxygen atoms in total. The van der Waals surface area contributed by atoms with Crippen molar-refractivity contribution in [3.05, 3.63) is 0 Å². The van der Waals surface area contributed by atoms with Gasteiger partial charge in [-0.2, -0.15) is 0 Å². The summed E-state index contributed by atoms with van der Waals surface area (Å²) in [6.45, 7) is 12.0. The van der Waals surface area contributed by atoms with Crippen LogP contribution in [0.1, 0.15) is 453 Å². The van der Waals surface area contributed by atoms with Crippen LogP contribution >= 0.6 is 15.6 Å². The van der Waals surface area contributed by atoms with Crippen LogP contribution in [-0.2, 0) is 65.4 Å². The molecule has 0 aromatic carbocycles. The molecule has 0 aromatic rings. The van der Waals surface area contributed by atoms with E-state index in [4.69, 9.17) is 37.0 Å². The summed E-state index contributed by atoms with van der Waals surface area (Å²) in [5.41, 5.74) is 0. The highest BCUT2D eigenvalue weighted by Gasteiger charge is 2.30. The second-order valence-electron chi connectivity index (χ2n) is 32.4. The van der Waals surface area contributed by atoms with Gasteiger partial charge in [0.05, 0.1) is 26.4 Å². The molecule has 0 amide bonds. The molecule has 0 aromatic heterocycles. The Labute approximate surface area is 645 Å². The Kier molecular flexibility index (Phi) is 74.7. The first kappa shape index (κ1) is 103. The van der Waals surface area contributed by atoms with Crippen LogP contribution in [0, 0.1) is 17.8 Å². The Morgan fingerprint density at radius 2 is 0.438 bits per heavy atom. The lowest BCUT2D eigenvalue weighted by atomic mass is 10.0. The number of aliphatic hydroxyl groups excluding tert-OH is 1. The average molecular weight is 1540 g/mol. The molecule has 0 aliphatic rings. The first-order chi connectivity index (χ1) is 50.7. The lowest BCUT2D eigenvalue weighted by molar-refractivity contribution is -0.161. The fourth-order valence-corrected chi connectivity index (χ4v) is 14.9. The minimum absolute atomic E-state index is 0.106. The number of hydrogen-bond donors (Lipinski definition) is 3. The van der Waals surface area contributed by atoms with Crippen molar-refractivity contribution in [1.29, 1.82) is 0 Å². The van der Waals surface area contributed by atoms with Gasteiger partial charge in [0, 0.05) is 25.7 Å². The van der Waals surface area contributed by atoms with E-state index in [2.05, 4.69) is 48.5 Å². The fraction of sp³-hybridized carbons (Fsp3) is 0.953. The molecule has 0 saturated carbocycles. The van der Waals surface area contributed by atoms with E-state index in [-0.39, 0.29) is 25.7 Å². The van der Waals surface area contributed by atoms with E-state index < -0.39 is 97.5 Å². The lowest BCUT2D eigenvalue weighted by Gasteiger charge is -2.21. The Morgan fingerprint density at radius 3 is 0.648 bits per heavy atom. The van der Waals surface area contributed by atoms with Gasteiger partial charge in [-0.1, -0.05) is 402 Å². The van der Waals surface area contributed by atoms with Gasteiger partial charge in [0.1, 0.15) is 19.3 Å². The van der Waals surface area contributed by atoms with Crippen molar-refractivity contribution in [1.82, 2.24) is 0 Å². The van der Waals surface area contributed by atoms with E-state index in [9.17, 15) is 43.2 Å². The molecular weight excluding hydrogens is 1370 g/mol. The van der Waals surface area contributed by atoms with Gasteiger partial charge in [-0.15, -0.1) is 0 Å². The molecule has 0 saturated heterocycles. The second-order valence-corrected chi connectivity index (χ2v) is 35.3. The molecule has 0 aliphatic carbocycles. The summed E-state index contributed by atoms with van der Waals surface area (Å²) in [5, 5.41) is 10.7. The third kappa shape index (κ3) is 79.9. The highest BCUT2D eigenvalue weighted by Crippen LogP contribution is 2.45. The highest BCUT2D eigenvalue weighted by atomic mass is 31.2. The number of carbonyl (C=O) groups excluding carboxylic acids is 4. The van der Waals surface area contributed by atoms with Gasteiger partial charge in [0.2, 0.25) is 0 Å². The van der Waals surface area contributed by atoms with Gasteiger partial charge < -0.3 is 33.8 Å². The van der Waals surface area contributed by atoms with Gasteiger partial charge in [-0.3, -0.25) is 37.3 Å². The highest BCUT2D eigenvalue weighted by molar-refractivity contribution is 7.47. The van der Waals surface area contributed by atoms with Crippen LogP contribution in [0.15, 0.2) is 0 Å². The van der Waals surface area contributed by atoms with Gasteiger partial charge in [0.15, 0.2) is 12.2 Å². The molecule has 0 rings (SSSR count). The predicted molar refractivity (Wildman–Crippen MR) is 432 cm³/mol.